The minimum Gasteiger partial charge on any atom is -0.444 e. The first-order valence-corrected chi connectivity index (χ1v) is 16.1. The van der Waals surface area contributed by atoms with Crippen molar-refractivity contribution >= 4 is 30.7 Å². The van der Waals surface area contributed by atoms with Gasteiger partial charge in [-0.05, 0) is 73.2 Å². The molecule has 0 fully saturated rings. The van der Waals surface area contributed by atoms with Gasteiger partial charge in [0.15, 0.2) is 6.29 Å². The fourth-order valence-electron chi connectivity index (χ4n) is 4.30. The number of ether oxygens (including phenoxy) is 2. The molecule has 0 aliphatic rings. The number of aliphatic hydroxyl groups is 1. The summed E-state index contributed by atoms with van der Waals surface area (Å²) in [6.45, 7) is 6.67. The molecule has 3 unspecified atom stereocenters. The molecule has 2 aromatic carbocycles. The van der Waals surface area contributed by atoms with Crippen molar-refractivity contribution in [2.75, 3.05) is 13.3 Å². The van der Waals surface area contributed by atoms with Crippen molar-refractivity contribution in [3.05, 3.63) is 82.6 Å². The number of nitrogens with one attached hydrogen (secondary N) is 2. The van der Waals surface area contributed by atoms with E-state index in [1.165, 1.54) is 7.11 Å². The van der Waals surface area contributed by atoms with Gasteiger partial charge in [-0.25, -0.2) is 4.79 Å². The van der Waals surface area contributed by atoms with Crippen LogP contribution in [0.25, 0.3) is 11.1 Å². The summed E-state index contributed by atoms with van der Waals surface area (Å²) >= 11 is 1.60. The molecule has 1 heterocycles. The van der Waals surface area contributed by atoms with Crippen LogP contribution in [0.15, 0.2) is 71.4 Å². The quantitative estimate of drug-likeness (QED) is 0.158. The average Bonchev–Trinajstić information content (AvgIpc) is 3.45. The topological polar surface area (TPSA) is 134 Å². The first-order valence-electron chi connectivity index (χ1n) is 13.3. The summed E-state index contributed by atoms with van der Waals surface area (Å²) < 4.78 is 24.3. The molecule has 0 spiro atoms. The Balaban J connectivity index is 1.91. The van der Waals surface area contributed by atoms with Gasteiger partial charge in [0.25, 0.3) is 0 Å². The number of hydrogen-bond donors (Lipinski definition) is 4. The number of benzene rings is 2. The number of carbonyl (C=O) groups excluding carboxylic acids is 2. The van der Waals surface area contributed by atoms with Gasteiger partial charge < -0.3 is 30.1 Å². The first kappa shape index (κ1) is 32.5. The fourth-order valence-corrected chi connectivity index (χ4v) is 7.04. The Hall–Kier alpha value is -3.01. The smallest absolute Gasteiger partial charge is 0.408 e. The summed E-state index contributed by atoms with van der Waals surface area (Å²) in [5.41, 5.74) is 2.48. The number of hydrogen-bond acceptors (Lipinski definition) is 7. The van der Waals surface area contributed by atoms with E-state index < -0.39 is 55.2 Å². The van der Waals surface area contributed by atoms with Gasteiger partial charge in [0, 0.05) is 13.3 Å². The van der Waals surface area contributed by atoms with Gasteiger partial charge in [-0.15, -0.1) is 0 Å². The second-order valence-electron chi connectivity index (χ2n) is 10.9. The lowest BCUT2D eigenvalue weighted by Gasteiger charge is -2.29. The molecule has 3 rings (SSSR count). The van der Waals surface area contributed by atoms with E-state index in [0.717, 1.165) is 16.7 Å². The van der Waals surface area contributed by atoms with E-state index in [1.807, 2.05) is 41.1 Å². The lowest BCUT2D eigenvalue weighted by molar-refractivity contribution is -0.132. The molecule has 0 saturated carbocycles. The van der Waals surface area contributed by atoms with Crippen LogP contribution in [0, 0.1) is 5.92 Å². The van der Waals surface area contributed by atoms with E-state index in [4.69, 9.17) is 9.47 Å². The Morgan fingerprint density at radius 1 is 1.00 bits per heavy atom. The zero-order valence-electron chi connectivity index (χ0n) is 23.9. The number of alkyl carbamates (subject to hydrolysis) is 1. The number of amides is 2. The van der Waals surface area contributed by atoms with Gasteiger partial charge in [-0.3, -0.25) is 9.36 Å². The van der Waals surface area contributed by atoms with Crippen molar-refractivity contribution in [1.82, 2.24) is 10.6 Å². The fraction of sp³-hybridized carbons (Fsp3) is 0.400. The maximum atomic E-state index is 14.0. The van der Waals surface area contributed by atoms with E-state index in [0.29, 0.717) is 5.56 Å². The van der Waals surface area contributed by atoms with Gasteiger partial charge in [0.2, 0.25) is 13.3 Å². The Bertz CT molecular complexity index is 1310. The third-order valence-electron chi connectivity index (χ3n) is 6.35. The summed E-state index contributed by atoms with van der Waals surface area (Å²) in [7, 11) is -2.97. The molecule has 11 heteroatoms. The Morgan fingerprint density at radius 3 is 2.22 bits per heavy atom. The monoisotopic (exact) mass is 602 g/mol. The maximum Gasteiger partial charge on any atom is 0.408 e. The highest BCUT2D eigenvalue weighted by molar-refractivity contribution is 7.58. The highest BCUT2D eigenvalue weighted by Gasteiger charge is 2.39. The van der Waals surface area contributed by atoms with Crippen LogP contribution < -0.4 is 10.6 Å². The summed E-state index contributed by atoms with van der Waals surface area (Å²) in [6, 6.07) is 17.3. The van der Waals surface area contributed by atoms with E-state index in [1.54, 1.807) is 69.4 Å². The summed E-state index contributed by atoms with van der Waals surface area (Å²) in [4.78, 5) is 37.6. The lowest BCUT2D eigenvalue weighted by atomic mass is 9.98. The highest BCUT2D eigenvalue weighted by Crippen LogP contribution is 2.55. The van der Waals surface area contributed by atoms with Crippen LogP contribution in [-0.2, 0) is 25.3 Å². The predicted molar refractivity (Wildman–Crippen MR) is 161 cm³/mol. The summed E-state index contributed by atoms with van der Waals surface area (Å²) in [6.07, 6.45) is -2.38. The summed E-state index contributed by atoms with van der Waals surface area (Å²) in [5.74, 6) is -2.79. The van der Waals surface area contributed by atoms with Crippen molar-refractivity contribution in [3.63, 3.8) is 0 Å². The molecule has 1 aromatic heterocycles. The van der Waals surface area contributed by atoms with Crippen molar-refractivity contribution in [2.24, 2.45) is 5.92 Å². The van der Waals surface area contributed by atoms with Crippen molar-refractivity contribution in [2.45, 2.75) is 57.8 Å². The molecule has 0 radical (unpaired) electrons. The normalized spacial score (nSPS) is 16.1. The Labute approximate surface area is 245 Å². The van der Waals surface area contributed by atoms with Gasteiger partial charge >= 0.3 is 6.09 Å². The van der Waals surface area contributed by atoms with Gasteiger partial charge in [-0.2, -0.15) is 11.3 Å². The third-order valence-corrected chi connectivity index (χ3v) is 9.24. The Kier molecular flexibility index (Phi) is 11.3. The molecular formula is C30H39N2O7PS. The van der Waals surface area contributed by atoms with Crippen LogP contribution in [-0.4, -0.2) is 53.2 Å². The molecule has 3 aromatic rings. The molecule has 5 atom stereocenters. The number of rotatable bonds is 12. The maximum absolute atomic E-state index is 14.0. The molecule has 41 heavy (non-hydrogen) atoms. The van der Waals surface area contributed by atoms with Gasteiger partial charge in [0.05, 0.1) is 12.0 Å². The van der Waals surface area contributed by atoms with E-state index in [-0.39, 0.29) is 6.42 Å². The van der Waals surface area contributed by atoms with Crippen molar-refractivity contribution in [1.29, 1.82) is 0 Å². The van der Waals surface area contributed by atoms with Gasteiger partial charge in [-0.1, -0.05) is 54.6 Å². The van der Waals surface area contributed by atoms with E-state index in [2.05, 4.69) is 10.6 Å². The van der Waals surface area contributed by atoms with E-state index in [9.17, 15) is 24.2 Å². The molecule has 0 bridgehead atoms. The number of thiophene rings is 1. The minimum atomic E-state index is -4.28. The molecule has 4 N–H and O–H groups in total. The van der Waals surface area contributed by atoms with Gasteiger partial charge in [0.1, 0.15) is 11.4 Å². The van der Waals surface area contributed by atoms with Crippen LogP contribution in [0.3, 0.4) is 0 Å². The molecule has 0 aliphatic heterocycles. The van der Waals surface area contributed by atoms with Crippen molar-refractivity contribution in [3.8, 4) is 11.1 Å². The predicted octanol–water partition coefficient (Wildman–Crippen LogP) is 5.54. The molecular weight excluding hydrogens is 563 g/mol. The van der Waals surface area contributed by atoms with E-state index >= 15 is 0 Å². The lowest BCUT2D eigenvalue weighted by Crippen LogP contribution is -2.46. The Morgan fingerprint density at radius 2 is 1.66 bits per heavy atom. The first-order chi connectivity index (χ1) is 19.3. The number of carbonyl (C=O) groups is 2. The van der Waals surface area contributed by atoms with Crippen LogP contribution in [0.5, 0.6) is 0 Å². The molecule has 9 nitrogen and oxygen atoms in total. The van der Waals surface area contributed by atoms with Crippen LogP contribution in [0.2, 0.25) is 0 Å². The number of aliphatic hydroxyl groups excluding tert-OH is 1. The molecule has 222 valence electrons. The number of methoxy groups -OCH3 is 1. The second kappa shape index (κ2) is 14.2. The SMILES string of the molecule is CO[C@H](O)C(C)NC(=O)[C@H](Cc1ccc(-c2ccsc2)cc1)CP(=O)(O)C(NC(=O)OC(C)(C)C)c1ccccc1. The van der Waals surface area contributed by atoms with Crippen LogP contribution in [0.4, 0.5) is 4.79 Å². The molecule has 2 amide bonds. The second-order valence-corrected chi connectivity index (χ2v) is 14.1. The third kappa shape index (κ3) is 9.80. The zero-order chi connectivity index (χ0) is 30.2. The highest BCUT2D eigenvalue weighted by atomic mass is 32.1. The zero-order valence-corrected chi connectivity index (χ0v) is 25.7. The summed E-state index contributed by atoms with van der Waals surface area (Å²) in [5, 5.41) is 19.3. The molecule has 0 saturated heterocycles. The average molecular weight is 603 g/mol. The van der Waals surface area contributed by atoms with Crippen molar-refractivity contribution < 1.29 is 33.6 Å². The standard InChI is InChI=1S/C30H39N2O7PS/c1-20(28(34)38-5)31-26(33)25(17-21-11-13-22(14-12-21)24-15-16-41-19-24)18-40(36,37)27(23-9-7-6-8-10-23)32-29(35)39-30(2,3)4/h6-16,19-20,25,27-28,34H,17-18H2,1-5H3,(H,31,33)(H,32,35)(H,36,37)/t20?,25-,27?,28+/m1/s1. The minimum absolute atomic E-state index is 0.157. The van der Waals surface area contributed by atoms with Crippen LogP contribution in [0.1, 0.15) is 44.6 Å². The largest absolute Gasteiger partial charge is 0.444 e. The van der Waals surface area contributed by atoms with Crippen LogP contribution >= 0.6 is 18.7 Å². The molecule has 0 aliphatic carbocycles.